The van der Waals surface area contributed by atoms with Crippen molar-refractivity contribution in [3.63, 3.8) is 0 Å². The van der Waals surface area contributed by atoms with Crippen LogP contribution in [0.15, 0.2) is 24.3 Å². The molecule has 0 spiro atoms. The fourth-order valence-corrected chi connectivity index (χ4v) is 2.74. The minimum atomic E-state index is -0.436. The van der Waals surface area contributed by atoms with E-state index in [1.165, 1.54) is 6.42 Å². The molecule has 1 saturated heterocycles. The zero-order valence-corrected chi connectivity index (χ0v) is 13.0. The molecule has 1 aliphatic heterocycles. The number of ether oxygens (including phenoxy) is 1. The Bertz CT molecular complexity index is 468. The highest BCUT2D eigenvalue weighted by molar-refractivity contribution is 5.81. The molecule has 1 heterocycles. The lowest BCUT2D eigenvalue weighted by molar-refractivity contribution is -0.138. The second-order valence-electron chi connectivity index (χ2n) is 5.97. The number of hydrogen-bond donors (Lipinski definition) is 1. The van der Waals surface area contributed by atoms with E-state index in [9.17, 15) is 4.79 Å². The van der Waals surface area contributed by atoms with Crippen molar-refractivity contribution in [3.05, 3.63) is 29.8 Å². The van der Waals surface area contributed by atoms with Crippen LogP contribution < -0.4 is 10.5 Å². The molecule has 2 N–H and O–H groups in total. The number of amides is 1. The zero-order valence-electron chi connectivity index (χ0n) is 13.0. The standard InChI is InChI=1S/C17H26N2O2/c1-13(18)11-15-7-6-8-16(12-15)21-14(2)17(20)19-9-4-3-5-10-19/h6-8,12-14H,3-5,9-11,18H2,1-2H3. The Hall–Kier alpha value is -1.55. The SMILES string of the molecule is CC(N)Cc1cccc(OC(C)C(=O)N2CCCCC2)c1. The number of nitrogens with zero attached hydrogens (tertiary/aromatic N) is 1. The third-order valence-corrected chi connectivity index (χ3v) is 3.78. The van der Waals surface area contributed by atoms with E-state index in [-0.39, 0.29) is 11.9 Å². The van der Waals surface area contributed by atoms with Gasteiger partial charge in [0.1, 0.15) is 5.75 Å². The number of carbonyl (C=O) groups excluding carboxylic acids is 1. The minimum absolute atomic E-state index is 0.0901. The topological polar surface area (TPSA) is 55.6 Å². The van der Waals surface area contributed by atoms with Gasteiger partial charge in [-0.05, 0) is 57.2 Å². The van der Waals surface area contributed by atoms with E-state index in [0.717, 1.165) is 43.7 Å². The van der Waals surface area contributed by atoms with Gasteiger partial charge in [0.25, 0.3) is 5.91 Å². The number of piperidine rings is 1. The molecule has 1 aromatic carbocycles. The molecule has 0 bridgehead atoms. The van der Waals surface area contributed by atoms with Gasteiger partial charge < -0.3 is 15.4 Å². The number of nitrogens with two attached hydrogens (primary N) is 1. The van der Waals surface area contributed by atoms with E-state index in [1.807, 2.05) is 43.0 Å². The van der Waals surface area contributed by atoms with Gasteiger partial charge in [0, 0.05) is 19.1 Å². The monoisotopic (exact) mass is 290 g/mol. The molecule has 4 nitrogen and oxygen atoms in total. The highest BCUT2D eigenvalue weighted by Gasteiger charge is 2.23. The molecule has 4 heteroatoms. The highest BCUT2D eigenvalue weighted by Crippen LogP contribution is 2.18. The van der Waals surface area contributed by atoms with Crippen LogP contribution in [0, 0.1) is 0 Å². The summed E-state index contributed by atoms with van der Waals surface area (Å²) >= 11 is 0. The quantitative estimate of drug-likeness (QED) is 0.905. The molecule has 2 atom stereocenters. The van der Waals surface area contributed by atoms with Crippen molar-refractivity contribution in [3.8, 4) is 5.75 Å². The molecule has 1 aromatic rings. The highest BCUT2D eigenvalue weighted by atomic mass is 16.5. The summed E-state index contributed by atoms with van der Waals surface area (Å²) in [6.07, 6.45) is 3.79. The molecule has 1 amide bonds. The molecular weight excluding hydrogens is 264 g/mol. The van der Waals surface area contributed by atoms with Gasteiger partial charge in [-0.3, -0.25) is 4.79 Å². The van der Waals surface area contributed by atoms with Crippen molar-refractivity contribution in [2.24, 2.45) is 5.73 Å². The Labute approximate surface area is 127 Å². The first-order valence-corrected chi connectivity index (χ1v) is 7.86. The van der Waals surface area contributed by atoms with Gasteiger partial charge in [0.15, 0.2) is 6.10 Å². The van der Waals surface area contributed by atoms with Gasteiger partial charge in [0.2, 0.25) is 0 Å². The zero-order chi connectivity index (χ0) is 15.2. The summed E-state index contributed by atoms with van der Waals surface area (Å²) in [6.45, 7) is 5.53. The third kappa shape index (κ3) is 4.74. The summed E-state index contributed by atoms with van der Waals surface area (Å²) in [5.74, 6) is 0.832. The molecule has 0 aliphatic carbocycles. The molecule has 2 rings (SSSR count). The predicted molar refractivity (Wildman–Crippen MR) is 84.3 cm³/mol. The Kier molecular flexibility index (Phi) is 5.62. The van der Waals surface area contributed by atoms with E-state index in [1.54, 1.807) is 0 Å². The van der Waals surface area contributed by atoms with Gasteiger partial charge in [-0.2, -0.15) is 0 Å². The summed E-state index contributed by atoms with van der Waals surface area (Å²) in [6, 6.07) is 7.97. The second kappa shape index (κ2) is 7.46. The predicted octanol–water partition coefficient (Wildman–Crippen LogP) is 2.36. The smallest absolute Gasteiger partial charge is 0.263 e. The first-order valence-electron chi connectivity index (χ1n) is 7.86. The van der Waals surface area contributed by atoms with E-state index in [0.29, 0.717) is 0 Å². The molecule has 1 fully saturated rings. The lowest BCUT2D eigenvalue weighted by Gasteiger charge is -2.29. The van der Waals surface area contributed by atoms with Crippen molar-refractivity contribution in [1.82, 2.24) is 4.90 Å². The van der Waals surface area contributed by atoms with Crippen LogP contribution in [0.3, 0.4) is 0 Å². The average Bonchev–Trinajstić information content (AvgIpc) is 2.47. The maximum absolute atomic E-state index is 12.3. The van der Waals surface area contributed by atoms with Gasteiger partial charge in [-0.15, -0.1) is 0 Å². The summed E-state index contributed by atoms with van der Waals surface area (Å²) in [7, 11) is 0. The fraction of sp³-hybridized carbons (Fsp3) is 0.588. The van der Waals surface area contributed by atoms with Gasteiger partial charge >= 0.3 is 0 Å². The average molecular weight is 290 g/mol. The summed E-state index contributed by atoms with van der Waals surface area (Å²) in [5.41, 5.74) is 6.96. The lowest BCUT2D eigenvalue weighted by atomic mass is 10.1. The first kappa shape index (κ1) is 15.8. The first-order chi connectivity index (χ1) is 10.1. The number of carbonyl (C=O) groups is 1. The van der Waals surface area contributed by atoms with Crippen molar-refractivity contribution >= 4 is 5.91 Å². The normalized spacial score (nSPS) is 18.1. The molecule has 0 aromatic heterocycles. The van der Waals surface area contributed by atoms with Crippen LogP contribution in [0.5, 0.6) is 5.75 Å². The van der Waals surface area contributed by atoms with Crippen molar-refractivity contribution in [2.75, 3.05) is 13.1 Å². The Morgan fingerprint density at radius 1 is 1.29 bits per heavy atom. The summed E-state index contributed by atoms with van der Waals surface area (Å²) in [4.78, 5) is 14.3. The van der Waals surface area contributed by atoms with E-state index in [2.05, 4.69) is 0 Å². The van der Waals surface area contributed by atoms with Gasteiger partial charge in [-0.25, -0.2) is 0 Å². The van der Waals surface area contributed by atoms with E-state index in [4.69, 9.17) is 10.5 Å². The summed E-state index contributed by atoms with van der Waals surface area (Å²) < 4.78 is 5.82. The molecule has 0 radical (unpaired) electrons. The van der Waals surface area contributed by atoms with Crippen LogP contribution in [0.2, 0.25) is 0 Å². The largest absolute Gasteiger partial charge is 0.481 e. The Balaban J connectivity index is 1.95. The van der Waals surface area contributed by atoms with Crippen LogP contribution in [-0.4, -0.2) is 36.0 Å². The molecule has 2 unspecified atom stereocenters. The van der Waals surface area contributed by atoms with Gasteiger partial charge in [0.05, 0.1) is 0 Å². The minimum Gasteiger partial charge on any atom is -0.481 e. The van der Waals surface area contributed by atoms with Crippen molar-refractivity contribution in [1.29, 1.82) is 0 Å². The second-order valence-corrected chi connectivity index (χ2v) is 5.97. The molecule has 116 valence electrons. The number of hydrogen-bond acceptors (Lipinski definition) is 3. The van der Waals surface area contributed by atoms with Crippen LogP contribution in [0.25, 0.3) is 0 Å². The van der Waals surface area contributed by atoms with Crippen molar-refractivity contribution in [2.45, 2.75) is 51.7 Å². The van der Waals surface area contributed by atoms with E-state index >= 15 is 0 Å². The van der Waals surface area contributed by atoms with Crippen LogP contribution >= 0.6 is 0 Å². The Morgan fingerprint density at radius 3 is 2.67 bits per heavy atom. The molecular formula is C17H26N2O2. The third-order valence-electron chi connectivity index (χ3n) is 3.78. The van der Waals surface area contributed by atoms with Gasteiger partial charge in [-0.1, -0.05) is 12.1 Å². The maximum atomic E-state index is 12.3. The fourth-order valence-electron chi connectivity index (χ4n) is 2.74. The maximum Gasteiger partial charge on any atom is 0.263 e. The molecule has 1 aliphatic rings. The molecule has 0 saturated carbocycles. The lowest BCUT2D eigenvalue weighted by Crippen LogP contribution is -2.43. The summed E-state index contributed by atoms with van der Waals surface area (Å²) in [5, 5.41) is 0. The van der Waals surface area contributed by atoms with E-state index < -0.39 is 6.10 Å². The molecule has 21 heavy (non-hydrogen) atoms. The number of benzene rings is 1. The van der Waals surface area contributed by atoms with Crippen LogP contribution in [-0.2, 0) is 11.2 Å². The van der Waals surface area contributed by atoms with Crippen molar-refractivity contribution < 1.29 is 9.53 Å². The Morgan fingerprint density at radius 2 is 2.00 bits per heavy atom. The van der Waals surface area contributed by atoms with Crippen LogP contribution in [0.4, 0.5) is 0 Å². The number of rotatable bonds is 5. The number of likely N-dealkylation sites (tertiary alicyclic amines) is 1. The van der Waals surface area contributed by atoms with Crippen LogP contribution in [0.1, 0.15) is 38.7 Å².